The number of aliphatic hydroxyl groups excluding tert-OH is 1. The van der Waals surface area contributed by atoms with E-state index in [4.69, 9.17) is 0 Å². The van der Waals surface area contributed by atoms with Crippen LogP contribution in [0.5, 0.6) is 0 Å². The molecule has 1 fully saturated rings. The van der Waals surface area contributed by atoms with Crippen LogP contribution in [0.25, 0.3) is 0 Å². The summed E-state index contributed by atoms with van der Waals surface area (Å²) in [5.74, 6) is -0.874. The molecule has 0 unspecified atom stereocenters. The topological polar surface area (TPSA) is 81.1 Å². The van der Waals surface area contributed by atoms with Crippen molar-refractivity contribution in [2.24, 2.45) is 5.92 Å². The standard InChI is InChI=1S/C20H25IN2O4/c1-13(5-3-7-18(25)23-10-4-6-15(23)12-24)20(27)16-11-14(21)8-9-17(16)22(2)19(20)26/h3,5,8-9,11,13,15,24,27H,4,6-7,10,12H2,1-2H3/b5-3+/t13-,15+,20+/m1/s1. The van der Waals surface area contributed by atoms with Gasteiger partial charge in [0.05, 0.1) is 18.3 Å². The first-order chi connectivity index (χ1) is 12.8. The normalized spacial score (nSPS) is 26.1. The number of benzene rings is 1. The molecule has 0 bridgehead atoms. The van der Waals surface area contributed by atoms with Gasteiger partial charge in [-0.15, -0.1) is 0 Å². The van der Waals surface area contributed by atoms with Crippen molar-refractivity contribution in [3.05, 3.63) is 39.5 Å². The average molecular weight is 484 g/mol. The molecule has 1 saturated heterocycles. The van der Waals surface area contributed by atoms with E-state index < -0.39 is 11.5 Å². The minimum atomic E-state index is -1.63. The number of likely N-dealkylation sites (tertiary alicyclic amines) is 1. The van der Waals surface area contributed by atoms with Crippen LogP contribution in [0, 0.1) is 9.49 Å². The number of hydrogen-bond donors (Lipinski definition) is 2. The summed E-state index contributed by atoms with van der Waals surface area (Å²) in [6, 6.07) is 5.49. The largest absolute Gasteiger partial charge is 0.394 e. The van der Waals surface area contributed by atoms with Gasteiger partial charge in [-0.3, -0.25) is 9.59 Å². The molecule has 0 saturated carbocycles. The zero-order chi connectivity index (χ0) is 19.8. The van der Waals surface area contributed by atoms with Gasteiger partial charge in [0.15, 0.2) is 5.60 Å². The van der Waals surface area contributed by atoms with Crippen molar-refractivity contribution < 1.29 is 19.8 Å². The minimum absolute atomic E-state index is 0.0120. The molecule has 7 heteroatoms. The number of anilines is 1. The Labute approximate surface area is 173 Å². The van der Waals surface area contributed by atoms with Gasteiger partial charge >= 0.3 is 0 Å². The fourth-order valence-electron chi connectivity index (χ4n) is 4.01. The maximum atomic E-state index is 12.8. The first-order valence-electron chi connectivity index (χ1n) is 9.18. The lowest BCUT2D eigenvalue weighted by Gasteiger charge is -2.27. The highest BCUT2D eigenvalue weighted by Gasteiger charge is 2.51. The van der Waals surface area contributed by atoms with Gasteiger partial charge < -0.3 is 20.0 Å². The molecule has 2 amide bonds. The van der Waals surface area contributed by atoms with E-state index in [9.17, 15) is 19.8 Å². The molecule has 1 aromatic rings. The highest BCUT2D eigenvalue weighted by Crippen LogP contribution is 2.45. The van der Waals surface area contributed by atoms with E-state index in [1.807, 2.05) is 18.2 Å². The van der Waals surface area contributed by atoms with E-state index in [1.54, 1.807) is 31.0 Å². The Bertz CT molecular complexity index is 781. The molecule has 0 aromatic heterocycles. The van der Waals surface area contributed by atoms with Crippen LogP contribution < -0.4 is 4.90 Å². The minimum Gasteiger partial charge on any atom is -0.394 e. The fraction of sp³-hybridized carbons (Fsp3) is 0.500. The van der Waals surface area contributed by atoms with Crippen molar-refractivity contribution in [2.75, 3.05) is 25.1 Å². The number of rotatable bonds is 5. The highest BCUT2D eigenvalue weighted by atomic mass is 127. The Kier molecular flexibility index (Phi) is 5.93. The Morgan fingerprint density at radius 1 is 1.48 bits per heavy atom. The summed E-state index contributed by atoms with van der Waals surface area (Å²) < 4.78 is 0.948. The van der Waals surface area contributed by atoms with Crippen molar-refractivity contribution in [3.8, 4) is 0 Å². The average Bonchev–Trinajstić information content (AvgIpc) is 3.20. The lowest BCUT2D eigenvalue weighted by molar-refractivity contribution is -0.139. The van der Waals surface area contributed by atoms with Crippen LogP contribution in [-0.4, -0.2) is 53.2 Å². The zero-order valence-corrected chi connectivity index (χ0v) is 17.7. The van der Waals surface area contributed by atoms with Crippen LogP contribution in [-0.2, 0) is 15.2 Å². The van der Waals surface area contributed by atoms with Crippen LogP contribution in [0.4, 0.5) is 5.69 Å². The molecule has 3 rings (SSSR count). The van der Waals surface area contributed by atoms with Gasteiger partial charge in [-0.2, -0.15) is 0 Å². The van der Waals surface area contributed by atoms with Crippen molar-refractivity contribution in [1.29, 1.82) is 0 Å². The molecule has 0 aliphatic carbocycles. The molecule has 2 aliphatic rings. The van der Waals surface area contributed by atoms with Crippen molar-refractivity contribution in [3.63, 3.8) is 0 Å². The summed E-state index contributed by atoms with van der Waals surface area (Å²) in [5.41, 5.74) is -0.320. The van der Waals surface area contributed by atoms with Gasteiger partial charge in [-0.1, -0.05) is 19.1 Å². The zero-order valence-electron chi connectivity index (χ0n) is 15.6. The summed E-state index contributed by atoms with van der Waals surface area (Å²) in [7, 11) is 1.66. The van der Waals surface area contributed by atoms with Gasteiger partial charge in [0.1, 0.15) is 0 Å². The van der Waals surface area contributed by atoms with Crippen molar-refractivity contribution >= 4 is 40.1 Å². The smallest absolute Gasteiger partial charge is 0.264 e. The lowest BCUT2D eigenvalue weighted by Crippen LogP contribution is -2.43. The van der Waals surface area contributed by atoms with Crippen LogP contribution in [0.1, 0.15) is 31.7 Å². The number of aliphatic hydroxyl groups is 2. The fourth-order valence-corrected chi connectivity index (χ4v) is 4.50. The number of halogens is 1. The quantitative estimate of drug-likeness (QED) is 0.495. The Morgan fingerprint density at radius 2 is 2.22 bits per heavy atom. The van der Waals surface area contributed by atoms with E-state index in [2.05, 4.69) is 22.6 Å². The van der Waals surface area contributed by atoms with Crippen molar-refractivity contribution in [2.45, 2.75) is 37.8 Å². The first-order valence-corrected chi connectivity index (χ1v) is 10.3. The number of fused-ring (bicyclic) bond motifs is 1. The lowest BCUT2D eigenvalue weighted by atomic mass is 9.83. The highest BCUT2D eigenvalue weighted by molar-refractivity contribution is 14.1. The molecule has 1 aromatic carbocycles. The summed E-state index contributed by atoms with van der Waals surface area (Å²) in [6.07, 6.45) is 5.39. The van der Waals surface area contributed by atoms with E-state index in [-0.39, 0.29) is 30.9 Å². The third kappa shape index (κ3) is 3.52. The summed E-state index contributed by atoms with van der Waals surface area (Å²) in [5, 5.41) is 20.6. The van der Waals surface area contributed by atoms with Gasteiger partial charge in [-0.05, 0) is 53.6 Å². The molecule has 0 radical (unpaired) electrons. The Balaban J connectivity index is 1.75. The van der Waals surface area contributed by atoms with E-state index in [1.165, 1.54) is 4.90 Å². The maximum absolute atomic E-state index is 12.8. The predicted molar refractivity (Wildman–Crippen MR) is 111 cm³/mol. The number of nitrogens with zero attached hydrogens (tertiary/aromatic N) is 2. The number of carbonyl (C=O) groups is 2. The summed E-state index contributed by atoms with van der Waals surface area (Å²) >= 11 is 2.16. The first kappa shape index (κ1) is 20.3. The molecule has 3 atom stereocenters. The van der Waals surface area contributed by atoms with Gasteiger partial charge in [0, 0.05) is 35.1 Å². The van der Waals surface area contributed by atoms with E-state index in [0.29, 0.717) is 17.8 Å². The van der Waals surface area contributed by atoms with E-state index in [0.717, 1.165) is 16.4 Å². The third-order valence-electron chi connectivity index (χ3n) is 5.65. The van der Waals surface area contributed by atoms with Crippen molar-refractivity contribution in [1.82, 2.24) is 4.90 Å². The number of hydrogen-bond acceptors (Lipinski definition) is 4. The Hall–Kier alpha value is -1.45. The van der Waals surface area contributed by atoms with Gasteiger partial charge in [0.25, 0.3) is 5.91 Å². The molecule has 2 aliphatic heterocycles. The SMILES string of the molecule is C[C@H](/C=C/CC(=O)N1CCC[C@H]1CO)[C@@]1(O)C(=O)N(C)c2ccc(I)cc21. The molecular formula is C20H25IN2O4. The van der Waals surface area contributed by atoms with Gasteiger partial charge in [-0.25, -0.2) is 0 Å². The summed E-state index contributed by atoms with van der Waals surface area (Å²) in [6.45, 7) is 2.45. The monoisotopic (exact) mass is 484 g/mol. The molecular weight excluding hydrogens is 459 g/mol. The van der Waals surface area contributed by atoms with Crippen LogP contribution in [0.15, 0.2) is 30.4 Å². The number of carbonyl (C=O) groups excluding carboxylic acids is 2. The molecule has 2 N–H and O–H groups in total. The molecule has 146 valence electrons. The number of amides is 2. The van der Waals surface area contributed by atoms with Gasteiger partial charge in [0.2, 0.25) is 5.91 Å². The molecule has 0 spiro atoms. The molecule has 6 nitrogen and oxygen atoms in total. The van der Waals surface area contributed by atoms with Crippen LogP contribution in [0.2, 0.25) is 0 Å². The second-order valence-corrected chi connectivity index (χ2v) is 8.52. The Morgan fingerprint density at radius 3 is 2.93 bits per heavy atom. The van der Waals surface area contributed by atoms with Crippen LogP contribution >= 0.6 is 22.6 Å². The third-order valence-corrected chi connectivity index (χ3v) is 6.32. The number of likely N-dealkylation sites (N-methyl/N-ethyl adjacent to an activating group) is 1. The van der Waals surface area contributed by atoms with Crippen LogP contribution in [0.3, 0.4) is 0 Å². The summed E-state index contributed by atoms with van der Waals surface area (Å²) in [4.78, 5) is 28.3. The predicted octanol–water partition coefficient (Wildman–Crippen LogP) is 2.02. The van der Waals surface area contributed by atoms with E-state index >= 15 is 0 Å². The second-order valence-electron chi connectivity index (χ2n) is 7.28. The molecule has 27 heavy (non-hydrogen) atoms. The second kappa shape index (κ2) is 7.89. The maximum Gasteiger partial charge on any atom is 0.264 e. The molecule has 2 heterocycles.